The molecule has 6 heteroatoms. The van der Waals surface area contributed by atoms with Gasteiger partial charge in [-0.15, -0.1) is 0 Å². The molecule has 1 heterocycles. The summed E-state index contributed by atoms with van der Waals surface area (Å²) in [5.74, 6) is 0.576. The molecule has 0 saturated carbocycles. The number of hydrogen-bond acceptors (Lipinski definition) is 4. The van der Waals surface area contributed by atoms with Crippen LogP contribution in [0, 0.1) is 0 Å². The summed E-state index contributed by atoms with van der Waals surface area (Å²) in [6, 6.07) is 0.333. The van der Waals surface area contributed by atoms with E-state index in [1.54, 1.807) is 0 Å². The summed E-state index contributed by atoms with van der Waals surface area (Å²) in [7, 11) is -0.869. The second-order valence-corrected chi connectivity index (χ2v) is 6.99. The van der Waals surface area contributed by atoms with Gasteiger partial charge in [0.2, 0.25) is 0 Å². The third-order valence-electron chi connectivity index (χ3n) is 2.98. The predicted octanol–water partition coefficient (Wildman–Crippen LogP) is 0.170. The lowest BCUT2D eigenvalue weighted by Crippen LogP contribution is -2.41. The third kappa shape index (κ3) is 3.70. The number of hydrogen-bond donors (Lipinski definition) is 1. The molecule has 2 atom stereocenters. The Labute approximate surface area is 96.7 Å². The van der Waals surface area contributed by atoms with Crippen molar-refractivity contribution < 1.29 is 8.42 Å². The highest BCUT2D eigenvalue weighted by Gasteiger charge is 2.32. The molecular weight excluding hydrogens is 232 g/mol. The zero-order valence-corrected chi connectivity index (χ0v) is 10.8. The highest BCUT2D eigenvalue weighted by Crippen LogP contribution is 2.19. The molecule has 4 nitrogen and oxygen atoms in total. The molecule has 1 fully saturated rings. The fourth-order valence-corrected chi connectivity index (χ4v) is 3.92. The summed E-state index contributed by atoms with van der Waals surface area (Å²) >= 11 is 4.84. The van der Waals surface area contributed by atoms with E-state index < -0.39 is 9.84 Å². The Balaban J connectivity index is 2.54. The standard InChI is InChI=1S/C9H18N2O2S2/c1-7(5-9(10)14)11(2)8-3-4-15(12,13)6-8/h7-8H,3-6H2,1-2H3,(H2,10,14). The molecule has 2 unspecified atom stereocenters. The highest BCUT2D eigenvalue weighted by molar-refractivity contribution is 7.91. The zero-order valence-electron chi connectivity index (χ0n) is 9.14. The Kier molecular flexibility index (Phi) is 4.08. The van der Waals surface area contributed by atoms with Crippen LogP contribution in [0.2, 0.25) is 0 Å². The van der Waals surface area contributed by atoms with Crippen LogP contribution in [0.25, 0.3) is 0 Å². The fourth-order valence-electron chi connectivity index (χ4n) is 1.89. The van der Waals surface area contributed by atoms with E-state index >= 15 is 0 Å². The van der Waals surface area contributed by atoms with E-state index in [4.69, 9.17) is 18.0 Å². The van der Waals surface area contributed by atoms with E-state index in [-0.39, 0.29) is 17.8 Å². The number of sulfone groups is 1. The van der Waals surface area contributed by atoms with Crippen molar-refractivity contribution in [2.45, 2.75) is 31.8 Å². The summed E-state index contributed by atoms with van der Waals surface area (Å²) in [5, 5.41) is 0. The molecule has 0 amide bonds. The summed E-state index contributed by atoms with van der Waals surface area (Å²) in [4.78, 5) is 2.55. The predicted molar refractivity (Wildman–Crippen MR) is 65.7 cm³/mol. The first-order chi connectivity index (χ1) is 6.82. The van der Waals surface area contributed by atoms with Gasteiger partial charge < -0.3 is 5.73 Å². The molecule has 0 spiro atoms. The molecule has 1 aliphatic rings. The van der Waals surface area contributed by atoms with Crippen LogP contribution in [0.1, 0.15) is 19.8 Å². The Bertz CT molecular complexity index is 340. The van der Waals surface area contributed by atoms with Crippen molar-refractivity contribution in [2.75, 3.05) is 18.6 Å². The molecule has 15 heavy (non-hydrogen) atoms. The van der Waals surface area contributed by atoms with Crippen molar-refractivity contribution in [1.29, 1.82) is 0 Å². The van der Waals surface area contributed by atoms with Crippen LogP contribution in [-0.2, 0) is 9.84 Å². The second-order valence-electron chi connectivity index (χ2n) is 4.24. The maximum Gasteiger partial charge on any atom is 0.151 e. The van der Waals surface area contributed by atoms with Gasteiger partial charge in [0.25, 0.3) is 0 Å². The van der Waals surface area contributed by atoms with Crippen molar-refractivity contribution in [1.82, 2.24) is 4.90 Å². The number of rotatable bonds is 4. The van der Waals surface area contributed by atoms with Crippen LogP contribution in [0.15, 0.2) is 0 Å². The Morgan fingerprint density at radius 1 is 1.67 bits per heavy atom. The van der Waals surface area contributed by atoms with Crippen molar-refractivity contribution in [3.05, 3.63) is 0 Å². The largest absolute Gasteiger partial charge is 0.393 e. The molecule has 1 aliphatic heterocycles. The van der Waals surface area contributed by atoms with Gasteiger partial charge in [-0.3, -0.25) is 4.90 Å². The molecule has 0 radical (unpaired) electrons. The van der Waals surface area contributed by atoms with Gasteiger partial charge in [0.1, 0.15) is 0 Å². The molecule has 0 aromatic carbocycles. The smallest absolute Gasteiger partial charge is 0.151 e. The molecule has 2 N–H and O–H groups in total. The van der Waals surface area contributed by atoms with Crippen molar-refractivity contribution in [2.24, 2.45) is 5.73 Å². The third-order valence-corrected chi connectivity index (χ3v) is 4.89. The average molecular weight is 250 g/mol. The summed E-state index contributed by atoms with van der Waals surface area (Å²) in [6.45, 7) is 2.02. The van der Waals surface area contributed by atoms with E-state index in [1.165, 1.54) is 0 Å². The Hall–Kier alpha value is -0.200. The van der Waals surface area contributed by atoms with E-state index in [0.717, 1.165) is 6.42 Å². The minimum atomic E-state index is -2.81. The summed E-state index contributed by atoms with van der Waals surface area (Å²) in [6.07, 6.45) is 1.36. The van der Waals surface area contributed by atoms with Crippen molar-refractivity contribution in [3.63, 3.8) is 0 Å². The number of thiocarbonyl (C=S) groups is 1. The first-order valence-corrected chi connectivity index (χ1v) is 7.25. The molecule has 1 saturated heterocycles. The van der Waals surface area contributed by atoms with E-state index in [2.05, 4.69) is 4.90 Å². The Morgan fingerprint density at radius 3 is 2.67 bits per heavy atom. The SMILES string of the molecule is CC(CC(N)=S)N(C)C1CCS(=O)(=O)C1. The Morgan fingerprint density at radius 2 is 2.27 bits per heavy atom. The number of nitrogens with two attached hydrogens (primary N) is 1. The number of nitrogens with zero attached hydrogens (tertiary/aromatic N) is 1. The monoisotopic (exact) mass is 250 g/mol. The van der Waals surface area contributed by atoms with Gasteiger partial charge in [-0.05, 0) is 20.4 Å². The van der Waals surface area contributed by atoms with Gasteiger partial charge in [-0.1, -0.05) is 12.2 Å². The molecule has 1 rings (SSSR count). The van der Waals surface area contributed by atoms with E-state index in [1.807, 2.05) is 14.0 Å². The lowest BCUT2D eigenvalue weighted by molar-refractivity contribution is 0.204. The lowest BCUT2D eigenvalue weighted by Gasteiger charge is -2.29. The van der Waals surface area contributed by atoms with Crippen LogP contribution in [-0.4, -0.2) is 48.9 Å². The molecule has 0 bridgehead atoms. The normalized spacial score (nSPS) is 26.7. The van der Waals surface area contributed by atoms with Crippen LogP contribution in [0.4, 0.5) is 0 Å². The van der Waals surface area contributed by atoms with Gasteiger partial charge >= 0.3 is 0 Å². The maximum absolute atomic E-state index is 11.3. The average Bonchev–Trinajstić information content (AvgIpc) is 2.43. The van der Waals surface area contributed by atoms with Crippen molar-refractivity contribution >= 4 is 27.0 Å². The van der Waals surface area contributed by atoms with Gasteiger partial charge in [0.15, 0.2) is 9.84 Å². The quantitative estimate of drug-likeness (QED) is 0.721. The minimum Gasteiger partial charge on any atom is -0.393 e. The molecule has 88 valence electrons. The summed E-state index contributed by atoms with van der Waals surface area (Å²) < 4.78 is 22.6. The van der Waals surface area contributed by atoms with Crippen molar-refractivity contribution in [3.8, 4) is 0 Å². The van der Waals surface area contributed by atoms with Gasteiger partial charge in [0, 0.05) is 18.5 Å². The van der Waals surface area contributed by atoms with Crippen LogP contribution in [0.5, 0.6) is 0 Å². The molecular formula is C9H18N2O2S2. The van der Waals surface area contributed by atoms with E-state index in [0.29, 0.717) is 17.2 Å². The second kappa shape index (κ2) is 4.76. The van der Waals surface area contributed by atoms with Crippen LogP contribution >= 0.6 is 12.2 Å². The molecule has 0 aromatic rings. The fraction of sp³-hybridized carbons (Fsp3) is 0.889. The molecule has 0 aromatic heterocycles. The molecule has 0 aliphatic carbocycles. The van der Waals surface area contributed by atoms with Crippen LogP contribution < -0.4 is 5.73 Å². The first-order valence-electron chi connectivity index (χ1n) is 5.02. The van der Waals surface area contributed by atoms with E-state index in [9.17, 15) is 8.42 Å². The maximum atomic E-state index is 11.3. The highest BCUT2D eigenvalue weighted by atomic mass is 32.2. The summed E-state index contributed by atoms with van der Waals surface area (Å²) in [5.41, 5.74) is 5.47. The minimum absolute atomic E-state index is 0.124. The first kappa shape index (κ1) is 12.9. The van der Waals surface area contributed by atoms with Gasteiger partial charge in [-0.25, -0.2) is 8.42 Å². The van der Waals surface area contributed by atoms with Gasteiger partial charge in [-0.2, -0.15) is 0 Å². The lowest BCUT2D eigenvalue weighted by atomic mass is 10.1. The topological polar surface area (TPSA) is 63.4 Å². The van der Waals surface area contributed by atoms with Crippen LogP contribution in [0.3, 0.4) is 0 Å². The van der Waals surface area contributed by atoms with Gasteiger partial charge in [0.05, 0.1) is 16.5 Å². The zero-order chi connectivity index (χ0) is 11.6.